The predicted molar refractivity (Wildman–Crippen MR) is 93.4 cm³/mol. The lowest BCUT2D eigenvalue weighted by atomic mass is 10.2. The molecule has 0 saturated carbocycles. The summed E-state index contributed by atoms with van der Waals surface area (Å²) >= 11 is 5.26. The molecule has 2 aromatic rings. The van der Waals surface area contributed by atoms with Crippen LogP contribution in [0.5, 0.6) is 0 Å². The molecule has 0 bridgehead atoms. The molecule has 1 aromatic heterocycles. The molecule has 0 radical (unpaired) electrons. The van der Waals surface area contributed by atoms with Gasteiger partial charge in [0, 0.05) is 29.5 Å². The van der Waals surface area contributed by atoms with E-state index in [4.69, 9.17) is 0 Å². The number of rotatable bonds is 8. The van der Waals surface area contributed by atoms with Crippen LogP contribution in [-0.4, -0.2) is 23.5 Å². The number of hydrogen-bond donors (Lipinski definition) is 1. The van der Waals surface area contributed by atoms with E-state index in [0.717, 1.165) is 42.8 Å². The largest absolute Gasteiger partial charge is 0.310 e. The Balaban J connectivity index is 1.83. The molecule has 3 nitrogen and oxygen atoms in total. The van der Waals surface area contributed by atoms with Crippen molar-refractivity contribution in [3.8, 4) is 0 Å². The molecule has 0 saturated heterocycles. The molecule has 114 valence electrons. The highest BCUT2D eigenvalue weighted by atomic mass is 79.9. The summed E-state index contributed by atoms with van der Waals surface area (Å²) in [4.78, 5) is 6.98. The summed E-state index contributed by atoms with van der Waals surface area (Å²) in [5, 5.41) is 6.74. The maximum Gasteiger partial charge on any atom is 0.107 e. The van der Waals surface area contributed by atoms with Crippen molar-refractivity contribution >= 4 is 27.3 Å². The first kappa shape index (κ1) is 16.6. The van der Waals surface area contributed by atoms with E-state index < -0.39 is 0 Å². The Bertz CT molecular complexity index is 556. The fourth-order valence-electron chi connectivity index (χ4n) is 2.15. The fourth-order valence-corrected chi connectivity index (χ4v) is 3.36. The van der Waals surface area contributed by atoms with Gasteiger partial charge in [0.15, 0.2) is 0 Å². The van der Waals surface area contributed by atoms with E-state index in [1.54, 1.807) is 11.3 Å². The van der Waals surface area contributed by atoms with Crippen LogP contribution in [-0.2, 0) is 19.6 Å². The molecule has 1 aromatic carbocycles. The average molecular weight is 368 g/mol. The van der Waals surface area contributed by atoms with Crippen LogP contribution >= 0.6 is 27.3 Å². The number of nitrogens with one attached hydrogen (secondary N) is 1. The van der Waals surface area contributed by atoms with Gasteiger partial charge >= 0.3 is 0 Å². The molecule has 0 amide bonds. The van der Waals surface area contributed by atoms with Crippen LogP contribution in [0.3, 0.4) is 0 Å². The van der Waals surface area contributed by atoms with Gasteiger partial charge in [-0.15, -0.1) is 11.3 Å². The number of halogens is 1. The van der Waals surface area contributed by atoms with Gasteiger partial charge in [-0.1, -0.05) is 35.0 Å². The second kappa shape index (κ2) is 8.63. The minimum atomic E-state index is 0.883. The number of aromatic nitrogens is 1. The Kier molecular flexibility index (Phi) is 6.83. The van der Waals surface area contributed by atoms with Crippen molar-refractivity contribution in [2.75, 3.05) is 13.6 Å². The summed E-state index contributed by atoms with van der Waals surface area (Å²) in [6.45, 7) is 5.93. The fraction of sp³-hybridized carbons (Fsp3) is 0.438. The zero-order chi connectivity index (χ0) is 15.1. The van der Waals surface area contributed by atoms with E-state index in [1.165, 1.54) is 10.6 Å². The second-order valence-corrected chi connectivity index (χ2v) is 7.07. The molecule has 0 unspecified atom stereocenters. The summed E-state index contributed by atoms with van der Waals surface area (Å²) in [7, 11) is 2.13. The quantitative estimate of drug-likeness (QED) is 0.713. The topological polar surface area (TPSA) is 28.2 Å². The first-order chi connectivity index (χ1) is 10.2. The van der Waals surface area contributed by atoms with Crippen molar-refractivity contribution in [1.82, 2.24) is 15.2 Å². The monoisotopic (exact) mass is 367 g/mol. The van der Waals surface area contributed by atoms with Gasteiger partial charge in [-0.2, -0.15) is 0 Å². The minimum Gasteiger partial charge on any atom is -0.310 e. The van der Waals surface area contributed by atoms with Crippen LogP contribution in [0.1, 0.15) is 29.6 Å². The number of hydrogen-bond acceptors (Lipinski definition) is 4. The molecule has 1 heterocycles. The van der Waals surface area contributed by atoms with Gasteiger partial charge in [0.2, 0.25) is 0 Å². The van der Waals surface area contributed by atoms with E-state index >= 15 is 0 Å². The standard InChI is InChI=1S/C16H22BrN3S/c1-3-7-18-9-16-19-15(12-21-16)11-20(2)10-13-5-4-6-14(17)8-13/h4-6,8,12,18H,3,7,9-11H2,1-2H3. The van der Waals surface area contributed by atoms with E-state index in [1.807, 2.05) is 0 Å². The van der Waals surface area contributed by atoms with Crippen LogP contribution in [0.2, 0.25) is 0 Å². The first-order valence-electron chi connectivity index (χ1n) is 7.24. The van der Waals surface area contributed by atoms with E-state index in [0.29, 0.717) is 0 Å². The predicted octanol–water partition coefficient (Wildman–Crippen LogP) is 4.04. The third kappa shape index (κ3) is 5.87. The SMILES string of the molecule is CCCNCc1nc(CN(C)Cc2cccc(Br)c2)cs1. The highest BCUT2D eigenvalue weighted by Crippen LogP contribution is 2.15. The van der Waals surface area contributed by atoms with Crippen LogP contribution in [0.15, 0.2) is 34.1 Å². The molecule has 1 N–H and O–H groups in total. The molecule has 2 rings (SSSR count). The van der Waals surface area contributed by atoms with Crippen LogP contribution in [0.25, 0.3) is 0 Å². The van der Waals surface area contributed by atoms with E-state index in [-0.39, 0.29) is 0 Å². The maximum atomic E-state index is 4.69. The lowest BCUT2D eigenvalue weighted by Gasteiger charge is -2.15. The molecule has 0 atom stereocenters. The molecule has 0 aliphatic rings. The molecule has 0 aliphatic carbocycles. The Labute approximate surface area is 139 Å². The number of thiazole rings is 1. The normalized spacial score (nSPS) is 11.2. The molecular weight excluding hydrogens is 346 g/mol. The van der Waals surface area contributed by atoms with Gasteiger partial charge in [-0.05, 0) is 37.7 Å². The van der Waals surface area contributed by atoms with Crippen molar-refractivity contribution < 1.29 is 0 Å². The van der Waals surface area contributed by atoms with Crippen molar-refractivity contribution in [1.29, 1.82) is 0 Å². The van der Waals surface area contributed by atoms with Gasteiger partial charge in [-0.3, -0.25) is 4.90 Å². The summed E-state index contributed by atoms with van der Waals surface area (Å²) in [6.07, 6.45) is 1.16. The third-order valence-corrected chi connectivity index (χ3v) is 4.47. The van der Waals surface area contributed by atoms with Crippen LogP contribution in [0.4, 0.5) is 0 Å². The zero-order valence-electron chi connectivity index (χ0n) is 12.6. The van der Waals surface area contributed by atoms with E-state index in [2.05, 4.69) is 74.7 Å². The summed E-state index contributed by atoms with van der Waals surface area (Å²) in [6, 6.07) is 8.45. The van der Waals surface area contributed by atoms with Crippen LogP contribution in [0, 0.1) is 0 Å². The van der Waals surface area contributed by atoms with Gasteiger partial charge in [0.25, 0.3) is 0 Å². The Hall–Kier alpha value is -0.750. The lowest BCUT2D eigenvalue weighted by molar-refractivity contribution is 0.315. The highest BCUT2D eigenvalue weighted by Gasteiger charge is 2.06. The van der Waals surface area contributed by atoms with Crippen molar-refractivity contribution in [3.05, 3.63) is 50.4 Å². The Morgan fingerprint density at radius 2 is 2.19 bits per heavy atom. The third-order valence-electron chi connectivity index (χ3n) is 3.08. The summed E-state index contributed by atoms with van der Waals surface area (Å²) in [5.41, 5.74) is 2.47. The number of nitrogens with zero attached hydrogens (tertiary/aromatic N) is 2. The van der Waals surface area contributed by atoms with Gasteiger partial charge in [0.1, 0.15) is 5.01 Å². The highest BCUT2D eigenvalue weighted by molar-refractivity contribution is 9.10. The second-order valence-electron chi connectivity index (χ2n) is 5.21. The molecule has 0 spiro atoms. The molecule has 0 aliphatic heterocycles. The Morgan fingerprint density at radius 1 is 1.33 bits per heavy atom. The van der Waals surface area contributed by atoms with Crippen molar-refractivity contribution in [2.45, 2.75) is 33.0 Å². The van der Waals surface area contributed by atoms with Crippen molar-refractivity contribution in [2.24, 2.45) is 0 Å². The summed E-state index contributed by atoms with van der Waals surface area (Å²) < 4.78 is 1.13. The Morgan fingerprint density at radius 3 is 2.95 bits per heavy atom. The van der Waals surface area contributed by atoms with Gasteiger partial charge in [0.05, 0.1) is 5.69 Å². The molecule has 0 fully saturated rings. The molecular formula is C16H22BrN3S. The number of benzene rings is 1. The molecule has 5 heteroatoms. The molecule has 21 heavy (non-hydrogen) atoms. The van der Waals surface area contributed by atoms with Gasteiger partial charge < -0.3 is 5.32 Å². The van der Waals surface area contributed by atoms with Gasteiger partial charge in [-0.25, -0.2) is 4.98 Å². The maximum absolute atomic E-state index is 4.69. The minimum absolute atomic E-state index is 0.883. The first-order valence-corrected chi connectivity index (χ1v) is 8.91. The lowest BCUT2D eigenvalue weighted by Crippen LogP contribution is -2.18. The van der Waals surface area contributed by atoms with E-state index in [9.17, 15) is 0 Å². The summed E-state index contributed by atoms with van der Waals surface area (Å²) in [5.74, 6) is 0. The van der Waals surface area contributed by atoms with Crippen LogP contribution < -0.4 is 5.32 Å². The average Bonchev–Trinajstić information content (AvgIpc) is 2.86. The van der Waals surface area contributed by atoms with Crippen molar-refractivity contribution in [3.63, 3.8) is 0 Å². The zero-order valence-corrected chi connectivity index (χ0v) is 15.0. The smallest absolute Gasteiger partial charge is 0.107 e.